The van der Waals surface area contributed by atoms with E-state index in [0.29, 0.717) is 6.61 Å². The van der Waals surface area contributed by atoms with E-state index < -0.39 is 0 Å². The van der Waals surface area contributed by atoms with Crippen molar-refractivity contribution in [1.82, 2.24) is 4.90 Å². The van der Waals surface area contributed by atoms with E-state index in [1.807, 2.05) is 6.07 Å². The van der Waals surface area contributed by atoms with Crippen LogP contribution in [0.3, 0.4) is 0 Å². The fraction of sp³-hybridized carbons (Fsp3) is 0.514. The molecule has 2 aliphatic heterocycles. The topological polar surface area (TPSA) is 32.7 Å². The Morgan fingerprint density at radius 1 is 0.675 bits per heavy atom. The smallest absolute Gasteiger partial charge is 0.126 e. The van der Waals surface area contributed by atoms with Gasteiger partial charge in [0, 0.05) is 23.5 Å². The number of fused-ring (bicyclic) bond motifs is 1. The zero-order valence-corrected chi connectivity index (χ0v) is 24.4. The Morgan fingerprint density at radius 2 is 1.32 bits per heavy atom. The minimum atomic E-state index is 0.214. The van der Waals surface area contributed by atoms with Crippen LogP contribution in [0.2, 0.25) is 0 Å². The van der Waals surface area contributed by atoms with Crippen molar-refractivity contribution in [2.75, 3.05) is 26.2 Å². The van der Waals surface area contributed by atoms with Gasteiger partial charge in [0.05, 0.1) is 6.61 Å². The molecule has 1 N–H and O–H groups in total. The zero-order valence-electron chi connectivity index (χ0n) is 24.4. The molecule has 0 bridgehead atoms. The van der Waals surface area contributed by atoms with Crippen molar-refractivity contribution in [3.8, 4) is 11.5 Å². The van der Waals surface area contributed by atoms with E-state index in [1.165, 1.54) is 113 Å². The summed E-state index contributed by atoms with van der Waals surface area (Å²) in [4.78, 5) is 2.65. The molecule has 2 aliphatic rings. The van der Waals surface area contributed by atoms with E-state index in [-0.39, 0.29) is 17.6 Å². The number of aromatic hydroxyl groups is 1. The average molecular weight is 540 g/mol. The van der Waals surface area contributed by atoms with Crippen molar-refractivity contribution in [3.05, 3.63) is 95.1 Å². The Labute approximate surface area is 242 Å². The highest BCUT2D eigenvalue weighted by atomic mass is 16.5. The molecule has 40 heavy (non-hydrogen) atoms. The predicted molar refractivity (Wildman–Crippen MR) is 167 cm³/mol. The fourth-order valence-electron chi connectivity index (χ4n) is 6.77. The first kappa shape index (κ1) is 28.7. The van der Waals surface area contributed by atoms with Crippen LogP contribution in [0.5, 0.6) is 11.5 Å². The summed E-state index contributed by atoms with van der Waals surface area (Å²) in [5.74, 6) is 1.53. The van der Waals surface area contributed by atoms with Crippen LogP contribution in [0.1, 0.15) is 111 Å². The molecule has 0 radical (unpaired) electrons. The molecule has 3 nitrogen and oxygen atoms in total. The van der Waals surface area contributed by atoms with Gasteiger partial charge < -0.3 is 14.7 Å². The molecule has 0 saturated carbocycles. The number of hydrogen-bond donors (Lipinski definition) is 1. The molecule has 0 aliphatic carbocycles. The minimum Gasteiger partial charge on any atom is -0.508 e. The third kappa shape index (κ3) is 8.13. The molecular formula is C37H49NO2. The van der Waals surface area contributed by atoms with Crippen molar-refractivity contribution < 1.29 is 9.84 Å². The van der Waals surface area contributed by atoms with E-state index in [1.54, 1.807) is 12.1 Å². The minimum absolute atomic E-state index is 0.214. The monoisotopic (exact) mass is 539 g/mol. The van der Waals surface area contributed by atoms with Crippen molar-refractivity contribution in [1.29, 1.82) is 0 Å². The van der Waals surface area contributed by atoms with Gasteiger partial charge in [0.25, 0.3) is 0 Å². The molecule has 0 spiro atoms. The van der Waals surface area contributed by atoms with E-state index in [4.69, 9.17) is 4.74 Å². The molecule has 2 unspecified atom stereocenters. The zero-order chi connectivity index (χ0) is 27.4. The van der Waals surface area contributed by atoms with Gasteiger partial charge in [-0.25, -0.2) is 0 Å². The van der Waals surface area contributed by atoms with Gasteiger partial charge in [-0.05, 0) is 74.5 Å². The molecule has 1 saturated heterocycles. The second-order valence-electron chi connectivity index (χ2n) is 12.1. The highest BCUT2D eigenvalue weighted by Gasteiger charge is 2.33. The van der Waals surface area contributed by atoms with Gasteiger partial charge in [0.15, 0.2) is 0 Å². The van der Waals surface area contributed by atoms with Gasteiger partial charge in [-0.15, -0.1) is 0 Å². The molecule has 3 aromatic carbocycles. The second-order valence-corrected chi connectivity index (χ2v) is 12.1. The molecular weight excluding hydrogens is 490 g/mol. The number of unbranched alkanes of at least 4 members (excludes halogenated alkanes) is 9. The maximum Gasteiger partial charge on any atom is 0.126 e. The highest BCUT2D eigenvalue weighted by Crippen LogP contribution is 2.46. The van der Waals surface area contributed by atoms with Crippen LogP contribution in [0, 0.1) is 0 Å². The standard InChI is InChI=1S/C37H49NO2/c39-33-23-24-34-36(28-33)40-29-35(31-17-11-9-12-18-31)37(34)32-21-19-30(20-22-32)16-10-7-5-3-1-2-4-6-8-13-25-38-26-14-15-27-38/h9,11-12,17-24,28,35,37,39H,1-8,10,13-16,25-27,29H2. The van der Waals surface area contributed by atoms with Crippen LogP contribution in [0.25, 0.3) is 0 Å². The quantitative estimate of drug-likeness (QED) is 0.195. The Kier molecular flexibility index (Phi) is 11.0. The number of likely N-dealkylation sites (tertiary alicyclic amines) is 1. The first-order chi connectivity index (χ1) is 19.8. The number of phenolic OH excluding ortho intramolecular Hbond substituents is 1. The van der Waals surface area contributed by atoms with Gasteiger partial charge in [0.2, 0.25) is 0 Å². The highest BCUT2D eigenvalue weighted by molar-refractivity contribution is 5.50. The molecule has 2 heterocycles. The average Bonchev–Trinajstić information content (AvgIpc) is 3.51. The van der Waals surface area contributed by atoms with Crippen molar-refractivity contribution >= 4 is 0 Å². The summed E-state index contributed by atoms with van der Waals surface area (Å²) < 4.78 is 6.12. The molecule has 3 aromatic rings. The first-order valence-electron chi connectivity index (χ1n) is 16.1. The van der Waals surface area contributed by atoms with E-state index in [9.17, 15) is 5.11 Å². The van der Waals surface area contributed by atoms with Crippen molar-refractivity contribution in [3.63, 3.8) is 0 Å². The molecule has 5 rings (SSSR count). The Morgan fingerprint density at radius 3 is 2.02 bits per heavy atom. The molecule has 1 fully saturated rings. The van der Waals surface area contributed by atoms with Crippen molar-refractivity contribution in [2.24, 2.45) is 0 Å². The van der Waals surface area contributed by atoms with E-state index in [0.717, 1.165) is 17.7 Å². The Hall–Kier alpha value is -2.78. The summed E-state index contributed by atoms with van der Waals surface area (Å²) >= 11 is 0. The maximum absolute atomic E-state index is 10.0. The predicted octanol–water partition coefficient (Wildman–Crippen LogP) is 9.24. The maximum atomic E-state index is 10.0. The summed E-state index contributed by atoms with van der Waals surface area (Å²) in [5, 5.41) is 10.0. The van der Waals surface area contributed by atoms with Gasteiger partial charge in [-0.3, -0.25) is 0 Å². The van der Waals surface area contributed by atoms with Gasteiger partial charge in [0.1, 0.15) is 11.5 Å². The molecule has 3 heteroatoms. The summed E-state index contributed by atoms with van der Waals surface area (Å²) in [6.07, 6.45) is 17.9. The summed E-state index contributed by atoms with van der Waals surface area (Å²) in [6, 6.07) is 25.6. The Balaban J connectivity index is 1.03. The Bertz CT molecular complexity index is 1140. The number of nitrogens with zero attached hydrogens (tertiary/aromatic N) is 1. The lowest BCUT2D eigenvalue weighted by Gasteiger charge is -2.34. The number of aryl methyl sites for hydroxylation is 1. The first-order valence-corrected chi connectivity index (χ1v) is 16.1. The number of phenols is 1. The van der Waals surface area contributed by atoms with E-state index in [2.05, 4.69) is 59.5 Å². The van der Waals surface area contributed by atoms with Crippen LogP contribution in [-0.4, -0.2) is 36.2 Å². The molecule has 2 atom stereocenters. The van der Waals surface area contributed by atoms with Crippen LogP contribution < -0.4 is 4.74 Å². The molecule has 214 valence electrons. The third-order valence-corrected chi connectivity index (χ3v) is 9.11. The summed E-state index contributed by atoms with van der Waals surface area (Å²) in [5.41, 5.74) is 5.22. The van der Waals surface area contributed by atoms with Crippen LogP contribution in [0.15, 0.2) is 72.8 Å². The number of hydrogen-bond acceptors (Lipinski definition) is 3. The van der Waals surface area contributed by atoms with Crippen molar-refractivity contribution in [2.45, 2.75) is 95.3 Å². The normalized spacial score (nSPS) is 18.9. The second kappa shape index (κ2) is 15.3. The van der Waals surface area contributed by atoms with Crippen LogP contribution in [-0.2, 0) is 6.42 Å². The third-order valence-electron chi connectivity index (χ3n) is 9.11. The summed E-state index contributed by atoms with van der Waals surface area (Å²) in [6.45, 7) is 4.65. The van der Waals surface area contributed by atoms with Crippen LogP contribution >= 0.6 is 0 Å². The number of ether oxygens (including phenoxy) is 1. The van der Waals surface area contributed by atoms with Crippen LogP contribution in [0.4, 0.5) is 0 Å². The lowest BCUT2D eigenvalue weighted by molar-refractivity contribution is 0.248. The van der Waals surface area contributed by atoms with E-state index >= 15 is 0 Å². The van der Waals surface area contributed by atoms with Gasteiger partial charge in [-0.2, -0.15) is 0 Å². The largest absolute Gasteiger partial charge is 0.508 e. The van der Waals surface area contributed by atoms with Gasteiger partial charge >= 0.3 is 0 Å². The lowest BCUT2D eigenvalue weighted by atomic mass is 9.75. The van der Waals surface area contributed by atoms with Gasteiger partial charge in [-0.1, -0.05) is 112 Å². The molecule has 0 amide bonds. The fourth-order valence-corrected chi connectivity index (χ4v) is 6.77. The summed E-state index contributed by atoms with van der Waals surface area (Å²) in [7, 11) is 0. The number of benzene rings is 3. The molecule has 0 aromatic heterocycles. The lowest BCUT2D eigenvalue weighted by Crippen LogP contribution is -2.25. The SMILES string of the molecule is Oc1ccc2c(c1)OCC(c1ccccc1)C2c1ccc(CCCCCCCCCCCCN2CCCC2)cc1. The number of rotatable bonds is 15.